The molecule has 1 unspecified atom stereocenters. The number of ether oxygens (including phenoxy) is 1. The van der Waals surface area contributed by atoms with Gasteiger partial charge in [-0.25, -0.2) is 13.2 Å². The summed E-state index contributed by atoms with van der Waals surface area (Å²) in [6.07, 6.45) is 0.396. The molecule has 1 aromatic heterocycles. The number of sulfone groups is 1. The Morgan fingerprint density at radius 3 is 2.67 bits per heavy atom. The SMILES string of the molecule is O=C(COC(=O)c1cc(Br)c(Br)s1)NC1CCS(=O)(=O)C1. The Labute approximate surface area is 142 Å². The highest BCUT2D eigenvalue weighted by molar-refractivity contribution is 9.13. The zero-order chi connectivity index (χ0) is 15.6. The van der Waals surface area contributed by atoms with Gasteiger partial charge in [0.05, 0.1) is 15.3 Å². The van der Waals surface area contributed by atoms with Crippen molar-refractivity contribution in [3.05, 3.63) is 19.2 Å². The molecule has 1 atom stereocenters. The molecule has 10 heteroatoms. The van der Waals surface area contributed by atoms with Gasteiger partial charge in [0.25, 0.3) is 5.91 Å². The summed E-state index contributed by atoms with van der Waals surface area (Å²) in [5.74, 6) is -1.08. The zero-order valence-electron chi connectivity index (χ0n) is 10.6. The zero-order valence-corrected chi connectivity index (χ0v) is 15.4. The molecule has 1 aromatic rings. The normalized spacial score (nSPS) is 20.2. The van der Waals surface area contributed by atoms with Crippen molar-refractivity contribution in [1.29, 1.82) is 0 Å². The van der Waals surface area contributed by atoms with E-state index in [1.54, 1.807) is 6.07 Å². The van der Waals surface area contributed by atoms with Crippen LogP contribution in [0.1, 0.15) is 16.1 Å². The van der Waals surface area contributed by atoms with Gasteiger partial charge in [0, 0.05) is 10.5 Å². The summed E-state index contributed by atoms with van der Waals surface area (Å²) in [4.78, 5) is 23.7. The number of esters is 1. The maximum absolute atomic E-state index is 11.7. The van der Waals surface area contributed by atoms with E-state index in [4.69, 9.17) is 4.74 Å². The number of carbonyl (C=O) groups excluding carboxylic acids is 2. The molecule has 0 aliphatic carbocycles. The van der Waals surface area contributed by atoms with Crippen LogP contribution in [-0.2, 0) is 19.4 Å². The first-order valence-corrected chi connectivity index (χ1v) is 10.1. The van der Waals surface area contributed by atoms with E-state index in [0.29, 0.717) is 11.3 Å². The molecule has 1 amide bonds. The molecule has 0 bridgehead atoms. The van der Waals surface area contributed by atoms with Crippen LogP contribution in [0.5, 0.6) is 0 Å². The third kappa shape index (κ3) is 4.76. The first-order chi connectivity index (χ1) is 9.77. The third-order valence-electron chi connectivity index (χ3n) is 2.78. The number of hydrogen-bond acceptors (Lipinski definition) is 6. The Bertz CT molecular complexity index is 651. The van der Waals surface area contributed by atoms with E-state index in [-0.39, 0.29) is 11.5 Å². The van der Waals surface area contributed by atoms with E-state index in [1.165, 1.54) is 11.3 Å². The summed E-state index contributed by atoms with van der Waals surface area (Å²) >= 11 is 7.71. The summed E-state index contributed by atoms with van der Waals surface area (Å²) in [5, 5.41) is 2.55. The maximum atomic E-state index is 11.7. The predicted octanol–water partition coefficient (Wildman–Crippen LogP) is 1.73. The van der Waals surface area contributed by atoms with Gasteiger partial charge >= 0.3 is 5.97 Å². The number of nitrogens with one attached hydrogen (secondary N) is 1. The Morgan fingerprint density at radius 1 is 1.43 bits per heavy atom. The number of hydrogen-bond donors (Lipinski definition) is 1. The molecule has 0 spiro atoms. The molecular formula is C11H11Br2NO5S2. The second-order valence-corrected chi connectivity index (χ2v) is 9.93. The Kier molecular flexibility index (Phi) is 5.44. The number of amides is 1. The third-order valence-corrected chi connectivity index (χ3v) is 7.78. The van der Waals surface area contributed by atoms with Crippen molar-refractivity contribution < 1.29 is 22.7 Å². The fourth-order valence-corrected chi connectivity index (χ4v) is 5.43. The minimum absolute atomic E-state index is 0.0580. The fraction of sp³-hybridized carbons (Fsp3) is 0.455. The molecule has 2 rings (SSSR count). The highest BCUT2D eigenvalue weighted by atomic mass is 79.9. The van der Waals surface area contributed by atoms with E-state index in [9.17, 15) is 18.0 Å². The molecule has 0 aromatic carbocycles. The van der Waals surface area contributed by atoms with Gasteiger partial charge in [-0.15, -0.1) is 11.3 Å². The average Bonchev–Trinajstić information content (AvgIpc) is 2.90. The van der Waals surface area contributed by atoms with Gasteiger partial charge < -0.3 is 10.1 Å². The largest absolute Gasteiger partial charge is 0.451 e. The standard InChI is InChI=1S/C11H11Br2NO5S2/c12-7-3-8(20-10(7)13)11(16)19-4-9(15)14-6-1-2-21(17,18)5-6/h3,6H,1-2,4-5H2,(H,14,15). The lowest BCUT2D eigenvalue weighted by molar-refractivity contribution is -0.124. The fourth-order valence-electron chi connectivity index (χ4n) is 1.83. The van der Waals surface area contributed by atoms with E-state index in [2.05, 4.69) is 37.2 Å². The molecule has 6 nitrogen and oxygen atoms in total. The van der Waals surface area contributed by atoms with E-state index in [1.807, 2.05) is 0 Å². The molecule has 116 valence electrons. The number of thiophene rings is 1. The molecule has 1 N–H and O–H groups in total. The highest BCUT2D eigenvalue weighted by Gasteiger charge is 2.29. The Hall–Kier alpha value is -0.450. The summed E-state index contributed by atoms with van der Waals surface area (Å²) in [5.41, 5.74) is 0. The molecule has 1 aliphatic heterocycles. The number of halogens is 2. The van der Waals surface area contributed by atoms with Crippen LogP contribution in [0.15, 0.2) is 14.3 Å². The van der Waals surface area contributed by atoms with Crippen LogP contribution in [-0.4, -0.2) is 44.4 Å². The van der Waals surface area contributed by atoms with Crippen molar-refractivity contribution in [2.24, 2.45) is 0 Å². The van der Waals surface area contributed by atoms with Crippen LogP contribution >= 0.6 is 43.2 Å². The average molecular weight is 461 g/mol. The van der Waals surface area contributed by atoms with E-state index < -0.39 is 34.4 Å². The van der Waals surface area contributed by atoms with Crippen LogP contribution in [0.25, 0.3) is 0 Å². The summed E-state index contributed by atoms with van der Waals surface area (Å²) < 4.78 is 28.9. The molecular weight excluding hydrogens is 450 g/mol. The van der Waals surface area contributed by atoms with Gasteiger partial charge in [-0.2, -0.15) is 0 Å². The number of rotatable bonds is 4. The van der Waals surface area contributed by atoms with E-state index in [0.717, 1.165) is 8.26 Å². The lowest BCUT2D eigenvalue weighted by atomic mass is 10.2. The Balaban J connectivity index is 1.80. The van der Waals surface area contributed by atoms with Crippen LogP contribution in [0.2, 0.25) is 0 Å². The summed E-state index contributed by atoms with van der Waals surface area (Å²) in [7, 11) is -3.05. The lowest BCUT2D eigenvalue weighted by Crippen LogP contribution is -2.38. The van der Waals surface area contributed by atoms with Gasteiger partial charge in [-0.05, 0) is 44.3 Å². The summed E-state index contributed by atoms with van der Waals surface area (Å²) in [6.45, 7) is -0.428. The van der Waals surface area contributed by atoms with Gasteiger partial charge in [-0.3, -0.25) is 4.79 Å². The van der Waals surface area contributed by atoms with Crippen molar-refractivity contribution in [2.45, 2.75) is 12.5 Å². The first kappa shape index (κ1) is 16.9. The van der Waals surface area contributed by atoms with Gasteiger partial charge in [-0.1, -0.05) is 0 Å². The van der Waals surface area contributed by atoms with Gasteiger partial charge in [0.1, 0.15) is 4.88 Å². The van der Waals surface area contributed by atoms with Crippen LogP contribution < -0.4 is 5.32 Å². The van der Waals surface area contributed by atoms with Crippen molar-refractivity contribution in [3.63, 3.8) is 0 Å². The van der Waals surface area contributed by atoms with Crippen LogP contribution in [0.3, 0.4) is 0 Å². The lowest BCUT2D eigenvalue weighted by Gasteiger charge is -2.10. The van der Waals surface area contributed by atoms with Crippen molar-refractivity contribution in [1.82, 2.24) is 5.32 Å². The van der Waals surface area contributed by atoms with Gasteiger partial charge in [0.2, 0.25) is 0 Å². The van der Waals surface area contributed by atoms with E-state index >= 15 is 0 Å². The minimum atomic E-state index is -3.05. The minimum Gasteiger partial charge on any atom is -0.451 e. The topological polar surface area (TPSA) is 89.5 Å². The molecule has 0 saturated carbocycles. The monoisotopic (exact) mass is 459 g/mol. The Morgan fingerprint density at radius 2 is 2.14 bits per heavy atom. The predicted molar refractivity (Wildman–Crippen MR) is 85.2 cm³/mol. The quantitative estimate of drug-likeness (QED) is 0.691. The molecule has 1 aliphatic rings. The van der Waals surface area contributed by atoms with Gasteiger partial charge in [0.15, 0.2) is 16.4 Å². The molecule has 0 radical (unpaired) electrons. The smallest absolute Gasteiger partial charge is 0.348 e. The highest BCUT2D eigenvalue weighted by Crippen LogP contribution is 2.32. The van der Waals surface area contributed by atoms with Crippen molar-refractivity contribution in [3.8, 4) is 0 Å². The molecule has 21 heavy (non-hydrogen) atoms. The molecule has 1 saturated heterocycles. The second kappa shape index (κ2) is 6.76. The summed E-state index contributed by atoms with van der Waals surface area (Å²) in [6, 6.07) is 1.20. The van der Waals surface area contributed by atoms with Crippen molar-refractivity contribution in [2.75, 3.05) is 18.1 Å². The maximum Gasteiger partial charge on any atom is 0.348 e. The van der Waals surface area contributed by atoms with Crippen LogP contribution in [0, 0.1) is 0 Å². The molecule has 1 fully saturated rings. The molecule has 2 heterocycles. The first-order valence-electron chi connectivity index (χ1n) is 5.88. The van der Waals surface area contributed by atoms with Crippen molar-refractivity contribution >= 4 is 64.9 Å². The second-order valence-electron chi connectivity index (χ2n) is 4.48. The number of carbonyl (C=O) groups is 2. The van der Waals surface area contributed by atoms with Crippen LogP contribution in [0.4, 0.5) is 0 Å².